The van der Waals surface area contributed by atoms with Gasteiger partial charge in [0.1, 0.15) is 5.82 Å². The van der Waals surface area contributed by atoms with Crippen LogP contribution in [-0.4, -0.2) is 50.0 Å². The van der Waals surface area contributed by atoms with Gasteiger partial charge < -0.3 is 20.1 Å². The number of methoxy groups -OCH3 is 1. The zero-order valence-electron chi connectivity index (χ0n) is 13.8. The summed E-state index contributed by atoms with van der Waals surface area (Å²) in [6.45, 7) is 1.33. The molecule has 0 saturated heterocycles. The SMILES string of the molecule is COCC(Cc1ccccc1)Nc1ccc(N(C)CCO)cn1. The summed E-state index contributed by atoms with van der Waals surface area (Å²) < 4.78 is 5.32. The lowest BCUT2D eigenvalue weighted by Gasteiger charge is -2.20. The van der Waals surface area contributed by atoms with Crippen molar-refractivity contribution in [2.45, 2.75) is 12.5 Å². The van der Waals surface area contributed by atoms with Gasteiger partial charge in [-0.1, -0.05) is 30.3 Å². The second-order valence-electron chi connectivity index (χ2n) is 5.53. The number of anilines is 2. The summed E-state index contributed by atoms with van der Waals surface area (Å²) in [4.78, 5) is 6.42. The number of rotatable bonds is 9. The Morgan fingerprint density at radius 3 is 2.61 bits per heavy atom. The average molecular weight is 315 g/mol. The van der Waals surface area contributed by atoms with Gasteiger partial charge in [-0.25, -0.2) is 4.98 Å². The fraction of sp³-hybridized carbons (Fsp3) is 0.389. The van der Waals surface area contributed by atoms with Crippen LogP contribution < -0.4 is 10.2 Å². The number of hydrogen-bond acceptors (Lipinski definition) is 5. The average Bonchev–Trinajstić information content (AvgIpc) is 2.57. The molecule has 0 fully saturated rings. The van der Waals surface area contributed by atoms with Gasteiger partial charge in [0, 0.05) is 20.7 Å². The highest BCUT2D eigenvalue weighted by atomic mass is 16.5. The van der Waals surface area contributed by atoms with Crippen LogP contribution >= 0.6 is 0 Å². The van der Waals surface area contributed by atoms with E-state index in [1.165, 1.54) is 5.56 Å². The highest BCUT2D eigenvalue weighted by molar-refractivity contribution is 5.49. The van der Waals surface area contributed by atoms with Crippen LogP contribution in [0.2, 0.25) is 0 Å². The molecule has 2 aromatic rings. The number of nitrogens with one attached hydrogen (secondary N) is 1. The van der Waals surface area contributed by atoms with Crippen molar-refractivity contribution in [3.8, 4) is 0 Å². The number of aromatic nitrogens is 1. The lowest BCUT2D eigenvalue weighted by atomic mass is 10.1. The number of hydrogen-bond donors (Lipinski definition) is 2. The van der Waals surface area contributed by atoms with Gasteiger partial charge in [0.15, 0.2) is 0 Å². The quantitative estimate of drug-likeness (QED) is 0.743. The standard InChI is InChI=1S/C18H25N3O2/c1-21(10-11-22)17-8-9-18(19-13-17)20-16(14-23-2)12-15-6-4-3-5-7-15/h3-9,13,16,22H,10-12,14H2,1-2H3,(H,19,20). The lowest BCUT2D eigenvalue weighted by molar-refractivity contribution is 0.185. The second kappa shape index (κ2) is 9.12. The number of aliphatic hydroxyl groups is 1. The van der Waals surface area contributed by atoms with E-state index in [1.54, 1.807) is 7.11 Å². The van der Waals surface area contributed by atoms with Gasteiger partial charge in [-0.3, -0.25) is 0 Å². The Hall–Kier alpha value is -2.11. The third-order valence-corrected chi connectivity index (χ3v) is 3.67. The summed E-state index contributed by atoms with van der Waals surface area (Å²) in [6, 6.07) is 14.5. The van der Waals surface area contributed by atoms with Crippen molar-refractivity contribution in [2.75, 3.05) is 44.1 Å². The molecule has 1 aromatic heterocycles. The van der Waals surface area contributed by atoms with Crippen molar-refractivity contribution < 1.29 is 9.84 Å². The maximum Gasteiger partial charge on any atom is 0.126 e. The van der Waals surface area contributed by atoms with Crippen LogP contribution in [0.5, 0.6) is 0 Å². The molecular formula is C18H25N3O2. The second-order valence-corrected chi connectivity index (χ2v) is 5.53. The van der Waals surface area contributed by atoms with Crippen LogP contribution in [0.3, 0.4) is 0 Å². The van der Waals surface area contributed by atoms with Crippen LogP contribution in [0.25, 0.3) is 0 Å². The van der Waals surface area contributed by atoms with Crippen molar-refractivity contribution >= 4 is 11.5 Å². The molecule has 0 amide bonds. The molecule has 124 valence electrons. The van der Waals surface area contributed by atoms with Crippen LogP contribution in [0.1, 0.15) is 5.56 Å². The lowest BCUT2D eigenvalue weighted by Crippen LogP contribution is -2.28. The predicted octanol–water partition coefficient (Wildman–Crippen LogP) is 2.18. The van der Waals surface area contributed by atoms with E-state index in [4.69, 9.17) is 9.84 Å². The van der Waals surface area contributed by atoms with Crippen LogP contribution in [-0.2, 0) is 11.2 Å². The molecule has 0 spiro atoms. The minimum Gasteiger partial charge on any atom is -0.395 e. The van der Waals surface area contributed by atoms with Crippen LogP contribution in [0.4, 0.5) is 11.5 Å². The van der Waals surface area contributed by atoms with Crippen molar-refractivity contribution in [1.82, 2.24) is 4.98 Å². The maximum atomic E-state index is 8.98. The van der Waals surface area contributed by atoms with Gasteiger partial charge >= 0.3 is 0 Å². The number of nitrogens with zero attached hydrogens (tertiary/aromatic N) is 2. The largest absolute Gasteiger partial charge is 0.395 e. The number of likely N-dealkylation sites (N-methyl/N-ethyl adjacent to an activating group) is 1. The first-order valence-electron chi connectivity index (χ1n) is 7.80. The monoisotopic (exact) mass is 315 g/mol. The summed E-state index contributed by atoms with van der Waals surface area (Å²) in [5.41, 5.74) is 2.25. The minimum absolute atomic E-state index is 0.128. The molecule has 0 saturated carbocycles. The molecule has 1 unspecified atom stereocenters. The van der Waals surface area contributed by atoms with Gasteiger partial charge in [0.05, 0.1) is 31.1 Å². The highest BCUT2D eigenvalue weighted by Gasteiger charge is 2.10. The number of ether oxygens (including phenoxy) is 1. The summed E-state index contributed by atoms with van der Waals surface area (Å²) in [5, 5.41) is 12.4. The molecule has 5 nitrogen and oxygen atoms in total. The summed E-state index contributed by atoms with van der Waals surface area (Å²) in [5.74, 6) is 0.823. The Morgan fingerprint density at radius 1 is 1.22 bits per heavy atom. The highest BCUT2D eigenvalue weighted by Crippen LogP contribution is 2.15. The molecule has 2 N–H and O–H groups in total. The normalized spacial score (nSPS) is 12.0. The Bertz CT molecular complexity index is 560. The molecule has 2 rings (SSSR count). The Kier molecular flexibility index (Phi) is 6.84. The van der Waals surface area contributed by atoms with Gasteiger partial charge in [-0.05, 0) is 24.1 Å². The summed E-state index contributed by atoms with van der Waals surface area (Å²) >= 11 is 0. The summed E-state index contributed by atoms with van der Waals surface area (Å²) in [7, 11) is 3.64. The Balaban J connectivity index is 1.99. The molecule has 1 heterocycles. The number of pyridine rings is 1. The molecule has 1 aromatic carbocycles. The van der Waals surface area contributed by atoms with E-state index >= 15 is 0 Å². The molecule has 0 aliphatic heterocycles. The van der Waals surface area contributed by atoms with Crippen LogP contribution in [0, 0.1) is 0 Å². The third-order valence-electron chi connectivity index (χ3n) is 3.67. The predicted molar refractivity (Wildman–Crippen MR) is 94.0 cm³/mol. The fourth-order valence-corrected chi connectivity index (χ4v) is 2.44. The van der Waals surface area contributed by atoms with E-state index in [-0.39, 0.29) is 12.6 Å². The third kappa shape index (κ3) is 5.54. The van der Waals surface area contributed by atoms with Gasteiger partial charge in [0.25, 0.3) is 0 Å². The first-order valence-corrected chi connectivity index (χ1v) is 7.80. The van der Waals surface area contributed by atoms with Crippen molar-refractivity contribution in [1.29, 1.82) is 0 Å². The van der Waals surface area contributed by atoms with Crippen molar-refractivity contribution in [3.05, 3.63) is 54.2 Å². The smallest absolute Gasteiger partial charge is 0.126 e. The first-order chi connectivity index (χ1) is 11.2. The van der Waals surface area contributed by atoms with Crippen molar-refractivity contribution in [3.63, 3.8) is 0 Å². The van der Waals surface area contributed by atoms with Gasteiger partial charge in [-0.15, -0.1) is 0 Å². The molecule has 5 heteroatoms. The fourth-order valence-electron chi connectivity index (χ4n) is 2.44. The molecule has 1 atom stereocenters. The zero-order chi connectivity index (χ0) is 16.5. The minimum atomic E-state index is 0.128. The van der Waals surface area contributed by atoms with E-state index in [2.05, 4.69) is 22.4 Å². The maximum absolute atomic E-state index is 8.98. The summed E-state index contributed by atoms with van der Waals surface area (Å²) in [6.07, 6.45) is 2.69. The zero-order valence-corrected chi connectivity index (χ0v) is 13.8. The van der Waals surface area contributed by atoms with Crippen molar-refractivity contribution in [2.24, 2.45) is 0 Å². The van der Waals surface area contributed by atoms with E-state index in [9.17, 15) is 0 Å². The Morgan fingerprint density at radius 2 is 2.00 bits per heavy atom. The van der Waals surface area contributed by atoms with E-state index < -0.39 is 0 Å². The van der Waals surface area contributed by atoms with Crippen LogP contribution in [0.15, 0.2) is 48.7 Å². The molecule has 0 radical (unpaired) electrons. The number of benzene rings is 1. The van der Waals surface area contributed by atoms with E-state index in [1.807, 2.05) is 48.5 Å². The molecular weight excluding hydrogens is 290 g/mol. The Labute approximate surface area is 137 Å². The van der Waals surface area contributed by atoms with Gasteiger partial charge in [-0.2, -0.15) is 0 Å². The first kappa shape index (κ1) is 17.2. The number of aliphatic hydroxyl groups excluding tert-OH is 1. The topological polar surface area (TPSA) is 57.6 Å². The van der Waals surface area contributed by atoms with Gasteiger partial charge in [0.2, 0.25) is 0 Å². The molecule has 0 bridgehead atoms. The molecule has 23 heavy (non-hydrogen) atoms. The van der Waals surface area contributed by atoms with E-state index in [0.29, 0.717) is 13.2 Å². The molecule has 0 aliphatic carbocycles. The van der Waals surface area contributed by atoms with E-state index in [0.717, 1.165) is 17.9 Å². The molecule has 0 aliphatic rings.